The van der Waals surface area contributed by atoms with Crippen LogP contribution in [0.2, 0.25) is 0 Å². The second-order valence-corrected chi connectivity index (χ2v) is 13.5. The molecule has 3 nitrogen and oxygen atoms in total. The summed E-state index contributed by atoms with van der Waals surface area (Å²) in [5, 5.41) is 5.76. The van der Waals surface area contributed by atoms with E-state index in [4.69, 9.17) is 9.40 Å². The van der Waals surface area contributed by atoms with Crippen LogP contribution in [-0.2, 0) is 4.57 Å². The number of pyridine rings is 1. The standard InChI is InChI=1S/C39H26NO2P/c41-43(30-11-3-1-4-12-30,31-13-5-2-6-14-31)32-25-23-28(24-26-32)27-19-21-29(22-20-27)38-39-37(33-15-7-9-17-35(33)40-38)34-16-8-10-18-36(34)42-39/h1-26H. The van der Waals surface area contributed by atoms with Gasteiger partial charge in [-0.15, -0.1) is 0 Å². The minimum atomic E-state index is -3.01. The normalized spacial score (nSPS) is 11.8. The molecule has 2 heterocycles. The van der Waals surface area contributed by atoms with Crippen molar-refractivity contribution in [3.63, 3.8) is 0 Å². The van der Waals surface area contributed by atoms with E-state index in [1.807, 2.05) is 103 Å². The number of hydrogen-bond donors (Lipinski definition) is 0. The molecule has 0 fully saturated rings. The van der Waals surface area contributed by atoms with Gasteiger partial charge in [-0.3, -0.25) is 0 Å². The van der Waals surface area contributed by atoms with Crippen LogP contribution < -0.4 is 15.9 Å². The Morgan fingerprint density at radius 2 is 0.953 bits per heavy atom. The molecule has 0 amide bonds. The number of para-hydroxylation sites is 2. The number of furan rings is 1. The first-order valence-electron chi connectivity index (χ1n) is 14.3. The van der Waals surface area contributed by atoms with Gasteiger partial charge in [0.2, 0.25) is 0 Å². The highest BCUT2D eigenvalue weighted by Gasteiger charge is 2.29. The number of hydrogen-bond acceptors (Lipinski definition) is 3. The number of rotatable bonds is 5. The lowest BCUT2D eigenvalue weighted by atomic mass is 10.0. The van der Waals surface area contributed by atoms with Gasteiger partial charge < -0.3 is 8.98 Å². The van der Waals surface area contributed by atoms with Crippen LogP contribution in [0.1, 0.15) is 0 Å². The minimum absolute atomic E-state index is 0.801. The summed E-state index contributed by atoms with van der Waals surface area (Å²) >= 11 is 0. The van der Waals surface area contributed by atoms with E-state index in [0.717, 1.165) is 71.1 Å². The zero-order chi connectivity index (χ0) is 28.8. The van der Waals surface area contributed by atoms with Crippen molar-refractivity contribution in [2.24, 2.45) is 0 Å². The van der Waals surface area contributed by atoms with Gasteiger partial charge in [-0.05, 0) is 23.3 Å². The second kappa shape index (κ2) is 10.2. The molecule has 0 N–H and O–H groups in total. The van der Waals surface area contributed by atoms with Crippen molar-refractivity contribution >= 4 is 55.9 Å². The fourth-order valence-corrected chi connectivity index (χ4v) is 8.68. The molecule has 0 saturated carbocycles. The van der Waals surface area contributed by atoms with E-state index in [1.54, 1.807) is 0 Å². The van der Waals surface area contributed by atoms with Crippen LogP contribution in [-0.4, -0.2) is 4.98 Å². The topological polar surface area (TPSA) is 43.1 Å². The Hall–Kier alpha value is -5.24. The molecule has 0 aliphatic heterocycles. The summed E-state index contributed by atoms with van der Waals surface area (Å²) in [7, 11) is -3.01. The van der Waals surface area contributed by atoms with Crippen LogP contribution in [0.3, 0.4) is 0 Å². The van der Waals surface area contributed by atoms with Gasteiger partial charge in [-0.1, -0.05) is 146 Å². The van der Waals surface area contributed by atoms with E-state index in [9.17, 15) is 4.57 Å². The molecule has 43 heavy (non-hydrogen) atoms. The number of nitrogens with zero attached hydrogens (tertiary/aromatic N) is 1. The fraction of sp³-hybridized carbons (Fsp3) is 0. The molecule has 0 aliphatic rings. The van der Waals surface area contributed by atoms with Crippen molar-refractivity contribution in [2.75, 3.05) is 0 Å². The molecule has 0 spiro atoms. The molecule has 2 aromatic heterocycles. The lowest BCUT2D eigenvalue weighted by Gasteiger charge is -2.20. The Labute approximate surface area is 249 Å². The monoisotopic (exact) mass is 571 g/mol. The largest absolute Gasteiger partial charge is 0.454 e. The predicted molar refractivity (Wildman–Crippen MR) is 179 cm³/mol. The number of aromatic nitrogens is 1. The third kappa shape index (κ3) is 4.21. The number of benzene rings is 6. The summed E-state index contributed by atoms with van der Waals surface area (Å²) in [5.74, 6) is 0. The maximum absolute atomic E-state index is 14.7. The van der Waals surface area contributed by atoms with Crippen molar-refractivity contribution < 1.29 is 8.98 Å². The summed E-state index contributed by atoms with van der Waals surface area (Å²) < 4.78 is 21.1. The third-order valence-corrected chi connectivity index (χ3v) is 11.3. The summed E-state index contributed by atoms with van der Waals surface area (Å²) in [6, 6.07) is 52.5. The van der Waals surface area contributed by atoms with E-state index < -0.39 is 7.14 Å². The molecule has 0 bridgehead atoms. The Bertz CT molecular complexity index is 2250. The van der Waals surface area contributed by atoms with E-state index in [1.165, 1.54) is 0 Å². The molecule has 8 aromatic rings. The van der Waals surface area contributed by atoms with Gasteiger partial charge >= 0.3 is 0 Å². The van der Waals surface area contributed by atoms with Crippen molar-refractivity contribution in [1.29, 1.82) is 0 Å². The molecule has 0 radical (unpaired) electrons. The SMILES string of the molecule is O=P(c1ccccc1)(c1ccccc1)c1ccc(-c2ccc(-c3nc4ccccc4c4c3oc3ccccc34)cc2)cc1. The molecule has 204 valence electrons. The maximum Gasteiger partial charge on any atom is 0.171 e. The lowest BCUT2D eigenvalue weighted by Crippen LogP contribution is -2.24. The highest BCUT2D eigenvalue weighted by molar-refractivity contribution is 7.85. The molecule has 4 heteroatoms. The van der Waals surface area contributed by atoms with Gasteiger partial charge in [0.05, 0.1) is 5.52 Å². The van der Waals surface area contributed by atoms with E-state index in [0.29, 0.717) is 0 Å². The van der Waals surface area contributed by atoms with E-state index in [-0.39, 0.29) is 0 Å². The van der Waals surface area contributed by atoms with Crippen molar-refractivity contribution in [3.8, 4) is 22.4 Å². The van der Waals surface area contributed by atoms with Gasteiger partial charge in [-0.2, -0.15) is 0 Å². The molecule has 6 aromatic carbocycles. The summed E-state index contributed by atoms with van der Waals surface area (Å²) in [4.78, 5) is 5.04. The first-order chi connectivity index (χ1) is 21.2. The molecule has 0 saturated heterocycles. The van der Waals surface area contributed by atoms with Gasteiger partial charge in [-0.25, -0.2) is 4.98 Å². The van der Waals surface area contributed by atoms with Crippen LogP contribution in [0.25, 0.3) is 55.2 Å². The van der Waals surface area contributed by atoms with E-state index >= 15 is 0 Å². The predicted octanol–water partition coefficient (Wildman–Crippen LogP) is 9.11. The Balaban J connectivity index is 1.19. The quantitative estimate of drug-likeness (QED) is 0.194. The highest BCUT2D eigenvalue weighted by Crippen LogP contribution is 2.43. The first kappa shape index (κ1) is 25.5. The van der Waals surface area contributed by atoms with Crippen molar-refractivity contribution in [1.82, 2.24) is 4.98 Å². The van der Waals surface area contributed by atoms with Crippen LogP contribution in [0.4, 0.5) is 0 Å². The summed E-state index contributed by atoms with van der Waals surface area (Å²) in [6.07, 6.45) is 0. The van der Waals surface area contributed by atoms with Gasteiger partial charge in [0, 0.05) is 37.6 Å². The molecular weight excluding hydrogens is 545 g/mol. The van der Waals surface area contributed by atoms with Gasteiger partial charge in [0.1, 0.15) is 11.3 Å². The summed E-state index contributed by atoms with van der Waals surface area (Å²) in [5.41, 5.74) is 6.56. The minimum Gasteiger partial charge on any atom is -0.454 e. The van der Waals surface area contributed by atoms with E-state index in [2.05, 4.69) is 54.6 Å². The number of fused-ring (bicyclic) bond motifs is 5. The lowest BCUT2D eigenvalue weighted by molar-refractivity contribution is 0.592. The zero-order valence-corrected chi connectivity index (χ0v) is 24.1. The smallest absolute Gasteiger partial charge is 0.171 e. The highest BCUT2D eigenvalue weighted by atomic mass is 31.2. The van der Waals surface area contributed by atoms with Crippen molar-refractivity contribution in [3.05, 3.63) is 158 Å². The Morgan fingerprint density at radius 1 is 0.465 bits per heavy atom. The second-order valence-electron chi connectivity index (χ2n) is 10.7. The van der Waals surface area contributed by atoms with Crippen LogP contribution in [0, 0.1) is 0 Å². The molecular formula is C39H26NO2P. The van der Waals surface area contributed by atoms with Crippen LogP contribution >= 0.6 is 7.14 Å². The molecule has 8 rings (SSSR count). The summed E-state index contributed by atoms with van der Waals surface area (Å²) in [6.45, 7) is 0. The molecule has 0 aliphatic carbocycles. The molecule has 0 atom stereocenters. The van der Waals surface area contributed by atoms with Crippen LogP contribution in [0.15, 0.2) is 162 Å². The van der Waals surface area contributed by atoms with Gasteiger partial charge in [0.25, 0.3) is 0 Å². The van der Waals surface area contributed by atoms with Crippen molar-refractivity contribution in [2.45, 2.75) is 0 Å². The molecule has 0 unspecified atom stereocenters. The van der Waals surface area contributed by atoms with Crippen LogP contribution in [0.5, 0.6) is 0 Å². The maximum atomic E-state index is 14.7. The Kier molecular flexibility index (Phi) is 6.06. The van der Waals surface area contributed by atoms with Gasteiger partial charge in [0.15, 0.2) is 12.7 Å². The third-order valence-electron chi connectivity index (χ3n) is 8.18. The fourth-order valence-electron chi connectivity index (χ4n) is 6.04. The average molecular weight is 572 g/mol. The first-order valence-corrected chi connectivity index (χ1v) is 16.0. The Morgan fingerprint density at radius 3 is 1.60 bits per heavy atom. The average Bonchev–Trinajstić information content (AvgIpc) is 3.49. The zero-order valence-electron chi connectivity index (χ0n) is 23.2.